The standard InChI is InChI=1S/C16H9N7O2/c17-7-10-1-3-14(24)12(5-10)20-22-16(9-19)23-21-13-6-11(8-18)2-4-15(13)25/h1-6,16,24-25H. The second kappa shape index (κ2) is 7.82. The van der Waals surface area contributed by atoms with Crippen molar-refractivity contribution in [2.75, 3.05) is 0 Å². The van der Waals surface area contributed by atoms with E-state index in [0.717, 1.165) is 0 Å². The van der Waals surface area contributed by atoms with Crippen LogP contribution in [0.15, 0.2) is 56.9 Å². The van der Waals surface area contributed by atoms with Crippen LogP contribution in [0.25, 0.3) is 0 Å². The zero-order chi connectivity index (χ0) is 18.2. The summed E-state index contributed by atoms with van der Waals surface area (Å²) in [6.45, 7) is 0. The maximum atomic E-state index is 9.65. The molecule has 0 fully saturated rings. The van der Waals surface area contributed by atoms with Gasteiger partial charge in [-0.1, -0.05) is 0 Å². The highest BCUT2D eigenvalue weighted by atomic mass is 16.3. The smallest absolute Gasteiger partial charge is 0.266 e. The van der Waals surface area contributed by atoms with E-state index in [4.69, 9.17) is 15.8 Å². The molecule has 2 aromatic rings. The van der Waals surface area contributed by atoms with Crippen molar-refractivity contribution < 1.29 is 10.2 Å². The molecule has 0 bridgehead atoms. The predicted molar refractivity (Wildman–Crippen MR) is 84.1 cm³/mol. The number of phenolic OH excluding ortho intramolecular Hbond substituents is 2. The molecular weight excluding hydrogens is 322 g/mol. The Bertz CT molecular complexity index is 904. The van der Waals surface area contributed by atoms with E-state index in [1.54, 1.807) is 6.07 Å². The summed E-state index contributed by atoms with van der Waals surface area (Å²) in [5, 5.41) is 60.6. The van der Waals surface area contributed by atoms with Crippen molar-refractivity contribution in [2.45, 2.75) is 6.17 Å². The molecule has 0 aliphatic carbocycles. The number of aromatic hydroxyl groups is 2. The average molecular weight is 331 g/mol. The van der Waals surface area contributed by atoms with Gasteiger partial charge in [0.25, 0.3) is 6.17 Å². The number of hydrogen-bond donors (Lipinski definition) is 2. The highest BCUT2D eigenvalue weighted by Gasteiger charge is 2.07. The van der Waals surface area contributed by atoms with Gasteiger partial charge in [-0.25, -0.2) is 0 Å². The van der Waals surface area contributed by atoms with Gasteiger partial charge in [-0.05, 0) is 36.4 Å². The van der Waals surface area contributed by atoms with Crippen LogP contribution in [0, 0.1) is 34.0 Å². The molecule has 0 heterocycles. The Balaban J connectivity index is 2.23. The van der Waals surface area contributed by atoms with Crippen LogP contribution < -0.4 is 0 Å². The lowest BCUT2D eigenvalue weighted by Gasteiger charge is -2.00. The molecular formula is C16H9N7O2. The minimum absolute atomic E-state index is 0.00354. The first-order chi connectivity index (χ1) is 12.1. The van der Waals surface area contributed by atoms with Gasteiger partial charge in [-0.2, -0.15) is 15.8 Å². The maximum Gasteiger partial charge on any atom is 0.266 e. The highest BCUT2D eigenvalue weighted by Crippen LogP contribution is 2.29. The SMILES string of the molecule is N#Cc1ccc(O)c(N=NC(C#N)N=Nc2cc(C#N)ccc2O)c1. The third-order valence-corrected chi connectivity index (χ3v) is 2.87. The van der Waals surface area contributed by atoms with Crippen molar-refractivity contribution in [2.24, 2.45) is 20.5 Å². The largest absolute Gasteiger partial charge is 0.506 e. The quantitative estimate of drug-likeness (QED) is 0.817. The molecule has 0 atom stereocenters. The second-order valence-electron chi connectivity index (χ2n) is 4.56. The molecule has 2 rings (SSSR count). The summed E-state index contributed by atoms with van der Waals surface area (Å²) < 4.78 is 0. The third kappa shape index (κ3) is 4.35. The van der Waals surface area contributed by atoms with Crippen LogP contribution in [0.4, 0.5) is 11.4 Å². The van der Waals surface area contributed by atoms with Crippen LogP contribution in [-0.2, 0) is 0 Å². The van der Waals surface area contributed by atoms with Gasteiger partial charge in [0, 0.05) is 0 Å². The van der Waals surface area contributed by atoms with E-state index < -0.39 is 6.17 Å². The normalized spacial score (nSPS) is 11.7. The molecule has 0 aliphatic rings. The molecule has 0 radical (unpaired) electrons. The summed E-state index contributed by atoms with van der Waals surface area (Å²) in [5.41, 5.74) is 0.535. The van der Waals surface area contributed by atoms with Crippen molar-refractivity contribution in [3.63, 3.8) is 0 Å². The molecule has 0 amide bonds. The summed E-state index contributed by atoms with van der Waals surface area (Å²) in [5.74, 6) is -0.425. The highest BCUT2D eigenvalue weighted by molar-refractivity contribution is 5.55. The number of nitrogens with zero attached hydrogens (tertiary/aromatic N) is 7. The molecule has 120 valence electrons. The Labute approximate surface area is 142 Å². The van der Waals surface area contributed by atoms with E-state index in [1.165, 1.54) is 36.4 Å². The zero-order valence-corrected chi connectivity index (χ0v) is 12.6. The lowest BCUT2D eigenvalue weighted by molar-refractivity contribution is 0.476. The van der Waals surface area contributed by atoms with Crippen molar-refractivity contribution in [3.05, 3.63) is 47.5 Å². The fourth-order valence-electron chi connectivity index (χ4n) is 1.65. The van der Waals surface area contributed by atoms with E-state index in [1.807, 2.05) is 12.1 Å². The minimum atomic E-state index is -1.34. The minimum Gasteiger partial charge on any atom is -0.506 e. The van der Waals surface area contributed by atoms with E-state index in [-0.39, 0.29) is 34.0 Å². The van der Waals surface area contributed by atoms with E-state index in [2.05, 4.69) is 20.5 Å². The van der Waals surface area contributed by atoms with Crippen LogP contribution >= 0.6 is 0 Å². The van der Waals surface area contributed by atoms with Gasteiger partial charge in [-0.15, -0.1) is 20.5 Å². The van der Waals surface area contributed by atoms with Crippen LogP contribution in [0.1, 0.15) is 11.1 Å². The Morgan fingerprint density at radius 2 is 1.20 bits per heavy atom. The molecule has 0 spiro atoms. The number of phenols is 2. The topological polar surface area (TPSA) is 161 Å². The van der Waals surface area contributed by atoms with Gasteiger partial charge < -0.3 is 10.2 Å². The first kappa shape index (κ1) is 17.1. The van der Waals surface area contributed by atoms with Crippen molar-refractivity contribution in [1.82, 2.24) is 0 Å². The molecule has 0 saturated carbocycles. The first-order valence-electron chi connectivity index (χ1n) is 6.75. The van der Waals surface area contributed by atoms with Gasteiger partial charge in [-0.3, -0.25) is 0 Å². The molecule has 0 saturated heterocycles. The molecule has 9 heteroatoms. The van der Waals surface area contributed by atoms with Gasteiger partial charge in [0.15, 0.2) is 0 Å². The van der Waals surface area contributed by atoms with E-state index in [0.29, 0.717) is 0 Å². The first-order valence-corrected chi connectivity index (χ1v) is 6.75. The van der Waals surface area contributed by atoms with Gasteiger partial charge in [0.1, 0.15) is 28.9 Å². The molecule has 0 aliphatic heterocycles. The monoisotopic (exact) mass is 331 g/mol. The summed E-state index contributed by atoms with van der Waals surface area (Å²) in [4.78, 5) is 0. The number of nitriles is 3. The van der Waals surface area contributed by atoms with Crippen LogP contribution in [0.2, 0.25) is 0 Å². The molecule has 0 unspecified atom stereocenters. The summed E-state index contributed by atoms with van der Waals surface area (Å²) in [6, 6.07) is 13.5. The number of hydrogen-bond acceptors (Lipinski definition) is 9. The van der Waals surface area contributed by atoms with Crippen LogP contribution in [0.3, 0.4) is 0 Å². The Morgan fingerprint density at radius 1 is 0.760 bits per heavy atom. The van der Waals surface area contributed by atoms with E-state index >= 15 is 0 Å². The predicted octanol–water partition coefficient (Wildman–Crippen LogP) is 3.56. The molecule has 9 nitrogen and oxygen atoms in total. The number of azo groups is 2. The Kier molecular flexibility index (Phi) is 5.34. The third-order valence-electron chi connectivity index (χ3n) is 2.87. The zero-order valence-electron chi connectivity index (χ0n) is 12.6. The summed E-state index contributed by atoms with van der Waals surface area (Å²) in [7, 11) is 0. The van der Waals surface area contributed by atoms with E-state index in [9.17, 15) is 10.2 Å². The van der Waals surface area contributed by atoms with Crippen molar-refractivity contribution >= 4 is 11.4 Å². The van der Waals surface area contributed by atoms with Gasteiger partial charge >= 0.3 is 0 Å². The second-order valence-corrected chi connectivity index (χ2v) is 4.56. The van der Waals surface area contributed by atoms with Crippen LogP contribution in [0.5, 0.6) is 11.5 Å². The van der Waals surface area contributed by atoms with Crippen molar-refractivity contribution in [1.29, 1.82) is 15.8 Å². The molecule has 2 aromatic carbocycles. The average Bonchev–Trinajstić information content (AvgIpc) is 2.64. The Morgan fingerprint density at radius 3 is 1.56 bits per heavy atom. The van der Waals surface area contributed by atoms with Crippen molar-refractivity contribution in [3.8, 4) is 29.7 Å². The fourth-order valence-corrected chi connectivity index (χ4v) is 1.65. The number of rotatable bonds is 4. The lowest BCUT2D eigenvalue weighted by atomic mass is 10.2. The molecule has 2 N–H and O–H groups in total. The molecule has 25 heavy (non-hydrogen) atoms. The molecule has 0 aromatic heterocycles. The fraction of sp³-hybridized carbons (Fsp3) is 0.0625. The van der Waals surface area contributed by atoms with Crippen LogP contribution in [-0.4, -0.2) is 16.4 Å². The van der Waals surface area contributed by atoms with Gasteiger partial charge in [0.2, 0.25) is 0 Å². The summed E-state index contributed by atoms with van der Waals surface area (Å²) >= 11 is 0. The summed E-state index contributed by atoms with van der Waals surface area (Å²) in [6.07, 6.45) is -1.34. The number of benzene rings is 2. The lowest BCUT2D eigenvalue weighted by Crippen LogP contribution is -1.92. The Hall–Kier alpha value is -4.29. The van der Waals surface area contributed by atoms with Gasteiger partial charge in [0.05, 0.1) is 23.3 Å². The maximum absolute atomic E-state index is 9.65.